The molecule has 0 saturated heterocycles. The molecule has 0 heterocycles. The molecule has 0 aromatic rings. The Morgan fingerprint density at radius 3 is 3.00 bits per heavy atom. The minimum atomic E-state index is -0.263. The molecule has 1 N–H and O–H groups in total. The predicted octanol–water partition coefficient (Wildman–Crippen LogP) is -0.376. The van der Waals surface area contributed by atoms with Crippen molar-refractivity contribution in [2.75, 3.05) is 13.1 Å². The van der Waals surface area contributed by atoms with Crippen molar-refractivity contribution in [2.24, 2.45) is 4.99 Å². The molecule has 54 valence electrons. The number of carbonyl (C=O) groups excluding carboxylic acids is 2. The maximum Gasteiger partial charge on any atom is 0.243 e. The number of nitrogens with zero attached hydrogens (tertiary/aromatic N) is 1. The molecule has 0 radical (unpaired) electrons. The number of aliphatic imine (C=N–C) groups is 1. The van der Waals surface area contributed by atoms with Crippen LogP contribution in [0.5, 0.6) is 0 Å². The number of isocyanates is 1. The fourth-order valence-corrected chi connectivity index (χ4v) is 0.353. The predicted molar refractivity (Wildman–Crippen MR) is 36.2 cm³/mol. The molecule has 0 aliphatic rings. The SMILES string of the molecule is C=CC(=O)NCCN=C=O. The molecule has 0 aromatic heterocycles. The number of hydrogen-bond acceptors (Lipinski definition) is 3. The summed E-state index contributed by atoms with van der Waals surface area (Å²) in [4.78, 5) is 23.1. The van der Waals surface area contributed by atoms with Gasteiger partial charge in [-0.05, 0) is 6.08 Å². The van der Waals surface area contributed by atoms with E-state index in [2.05, 4.69) is 16.9 Å². The van der Waals surface area contributed by atoms with Crippen molar-refractivity contribution in [3.63, 3.8) is 0 Å². The van der Waals surface area contributed by atoms with E-state index < -0.39 is 0 Å². The van der Waals surface area contributed by atoms with Gasteiger partial charge in [-0.2, -0.15) is 0 Å². The molecule has 10 heavy (non-hydrogen) atoms. The van der Waals surface area contributed by atoms with Crippen molar-refractivity contribution in [1.82, 2.24) is 5.32 Å². The smallest absolute Gasteiger partial charge is 0.243 e. The second-order valence-corrected chi connectivity index (χ2v) is 1.47. The summed E-state index contributed by atoms with van der Waals surface area (Å²) in [6.07, 6.45) is 2.51. The third kappa shape index (κ3) is 4.74. The lowest BCUT2D eigenvalue weighted by Crippen LogP contribution is -2.23. The minimum absolute atomic E-state index is 0.263. The summed E-state index contributed by atoms with van der Waals surface area (Å²) in [7, 11) is 0. The van der Waals surface area contributed by atoms with Crippen LogP contribution in [-0.4, -0.2) is 25.1 Å². The number of hydrogen-bond donors (Lipinski definition) is 1. The average molecular weight is 140 g/mol. The van der Waals surface area contributed by atoms with Gasteiger partial charge in [-0.25, -0.2) is 9.79 Å². The van der Waals surface area contributed by atoms with Gasteiger partial charge in [0.1, 0.15) is 0 Å². The zero-order valence-electron chi connectivity index (χ0n) is 5.46. The normalized spacial score (nSPS) is 7.60. The first-order chi connectivity index (χ1) is 4.81. The first-order valence-electron chi connectivity index (χ1n) is 2.75. The lowest BCUT2D eigenvalue weighted by Gasteiger charge is -1.94. The summed E-state index contributed by atoms with van der Waals surface area (Å²) in [5, 5.41) is 2.44. The van der Waals surface area contributed by atoms with Gasteiger partial charge in [0.15, 0.2) is 0 Å². The van der Waals surface area contributed by atoms with Gasteiger partial charge in [-0.3, -0.25) is 4.79 Å². The Kier molecular flexibility index (Phi) is 4.91. The Balaban J connectivity index is 3.27. The van der Waals surface area contributed by atoms with Crippen LogP contribution in [0.1, 0.15) is 0 Å². The second-order valence-electron chi connectivity index (χ2n) is 1.47. The number of amides is 1. The summed E-state index contributed by atoms with van der Waals surface area (Å²) in [5.41, 5.74) is 0. The van der Waals surface area contributed by atoms with Gasteiger partial charge in [-0.1, -0.05) is 6.58 Å². The summed E-state index contributed by atoms with van der Waals surface area (Å²) in [6, 6.07) is 0. The van der Waals surface area contributed by atoms with Crippen LogP contribution in [0.2, 0.25) is 0 Å². The highest BCUT2D eigenvalue weighted by Crippen LogP contribution is 1.67. The Morgan fingerprint density at radius 2 is 2.50 bits per heavy atom. The summed E-state index contributed by atoms with van der Waals surface area (Å²) >= 11 is 0. The largest absolute Gasteiger partial charge is 0.351 e. The Morgan fingerprint density at radius 1 is 1.80 bits per heavy atom. The third-order valence-corrected chi connectivity index (χ3v) is 0.773. The van der Waals surface area contributed by atoms with Gasteiger partial charge in [0.2, 0.25) is 12.0 Å². The molecule has 0 rings (SSSR count). The van der Waals surface area contributed by atoms with Gasteiger partial charge in [0.25, 0.3) is 0 Å². The average Bonchev–Trinajstić information content (AvgIpc) is 1.98. The fourth-order valence-electron chi connectivity index (χ4n) is 0.353. The van der Waals surface area contributed by atoms with E-state index in [1.165, 1.54) is 6.08 Å². The third-order valence-electron chi connectivity index (χ3n) is 0.773. The van der Waals surface area contributed by atoms with Crippen LogP contribution >= 0.6 is 0 Å². The van der Waals surface area contributed by atoms with Crippen LogP contribution in [0.4, 0.5) is 0 Å². The minimum Gasteiger partial charge on any atom is -0.351 e. The number of carbonyl (C=O) groups is 1. The molecule has 0 fully saturated rings. The molecule has 0 saturated carbocycles. The molecule has 0 aromatic carbocycles. The van der Waals surface area contributed by atoms with Gasteiger partial charge < -0.3 is 5.32 Å². The lowest BCUT2D eigenvalue weighted by molar-refractivity contribution is -0.116. The van der Waals surface area contributed by atoms with E-state index in [9.17, 15) is 9.59 Å². The summed E-state index contributed by atoms with van der Waals surface area (Å²) in [6.45, 7) is 3.85. The van der Waals surface area contributed by atoms with Crippen molar-refractivity contribution in [3.8, 4) is 0 Å². The molecule has 0 atom stereocenters. The molecular weight excluding hydrogens is 132 g/mol. The Hall–Kier alpha value is -1.41. The van der Waals surface area contributed by atoms with E-state index in [1.54, 1.807) is 0 Å². The molecule has 4 heteroatoms. The van der Waals surface area contributed by atoms with Crippen LogP contribution < -0.4 is 5.32 Å². The van der Waals surface area contributed by atoms with Crippen LogP contribution in [0, 0.1) is 0 Å². The van der Waals surface area contributed by atoms with Gasteiger partial charge in [0.05, 0.1) is 6.54 Å². The van der Waals surface area contributed by atoms with E-state index in [0.29, 0.717) is 6.54 Å². The Bertz CT molecular complexity index is 171. The van der Waals surface area contributed by atoms with Crippen molar-refractivity contribution < 1.29 is 9.59 Å². The Labute approximate surface area is 58.6 Å². The van der Waals surface area contributed by atoms with E-state index in [4.69, 9.17) is 0 Å². The van der Waals surface area contributed by atoms with Crippen molar-refractivity contribution in [2.45, 2.75) is 0 Å². The lowest BCUT2D eigenvalue weighted by atomic mass is 10.5. The molecule has 0 bridgehead atoms. The molecule has 0 spiro atoms. The summed E-state index contributed by atoms with van der Waals surface area (Å²) in [5.74, 6) is -0.263. The highest BCUT2D eigenvalue weighted by Gasteiger charge is 1.89. The zero-order chi connectivity index (χ0) is 7.82. The van der Waals surface area contributed by atoms with Crippen LogP contribution in [0.25, 0.3) is 0 Å². The van der Waals surface area contributed by atoms with Crippen LogP contribution in [-0.2, 0) is 9.59 Å². The first-order valence-corrected chi connectivity index (χ1v) is 2.75. The topological polar surface area (TPSA) is 58.5 Å². The van der Waals surface area contributed by atoms with Crippen LogP contribution in [0.3, 0.4) is 0 Å². The maximum absolute atomic E-state index is 10.4. The molecule has 0 aliphatic carbocycles. The molecular formula is C6H8N2O2. The highest BCUT2D eigenvalue weighted by atomic mass is 16.1. The van der Waals surface area contributed by atoms with E-state index in [-0.39, 0.29) is 12.5 Å². The van der Waals surface area contributed by atoms with Crippen molar-refractivity contribution in [3.05, 3.63) is 12.7 Å². The van der Waals surface area contributed by atoms with Gasteiger partial charge >= 0.3 is 0 Å². The first kappa shape index (κ1) is 8.59. The quantitative estimate of drug-likeness (QED) is 0.250. The van der Waals surface area contributed by atoms with E-state index in [1.807, 2.05) is 0 Å². The molecule has 4 nitrogen and oxygen atoms in total. The van der Waals surface area contributed by atoms with Crippen molar-refractivity contribution >= 4 is 12.0 Å². The number of rotatable bonds is 4. The highest BCUT2D eigenvalue weighted by molar-refractivity contribution is 5.86. The van der Waals surface area contributed by atoms with Crippen molar-refractivity contribution in [1.29, 1.82) is 0 Å². The zero-order valence-corrected chi connectivity index (χ0v) is 5.46. The molecule has 0 aliphatic heterocycles. The molecule has 1 amide bonds. The van der Waals surface area contributed by atoms with Gasteiger partial charge in [-0.15, -0.1) is 0 Å². The van der Waals surface area contributed by atoms with Gasteiger partial charge in [0, 0.05) is 6.54 Å². The standard InChI is InChI=1S/C6H8N2O2/c1-2-6(10)8-4-3-7-5-9/h2H,1,3-4H2,(H,8,10). The molecule has 0 unspecified atom stereocenters. The summed E-state index contributed by atoms with van der Waals surface area (Å²) < 4.78 is 0. The van der Waals surface area contributed by atoms with E-state index in [0.717, 1.165) is 6.08 Å². The monoisotopic (exact) mass is 140 g/mol. The fraction of sp³-hybridized carbons (Fsp3) is 0.333. The number of nitrogens with one attached hydrogen (secondary N) is 1. The second kappa shape index (κ2) is 5.72. The van der Waals surface area contributed by atoms with Crippen LogP contribution in [0.15, 0.2) is 17.6 Å². The van der Waals surface area contributed by atoms with E-state index >= 15 is 0 Å². The maximum atomic E-state index is 10.4.